The lowest BCUT2D eigenvalue weighted by molar-refractivity contribution is 0.574. The van der Waals surface area contributed by atoms with Gasteiger partial charge in [-0.2, -0.15) is 5.10 Å². The number of hydrogen-bond acceptors (Lipinski definition) is 2. The summed E-state index contributed by atoms with van der Waals surface area (Å²) >= 11 is 0. The summed E-state index contributed by atoms with van der Waals surface area (Å²) in [5.41, 5.74) is -0.0817. The summed E-state index contributed by atoms with van der Waals surface area (Å²) in [6.45, 7) is 2.49. The summed E-state index contributed by atoms with van der Waals surface area (Å²) < 4.78 is 16.0. The largest absolute Gasteiger partial charge is 0.350 e. The fourth-order valence-electron chi connectivity index (χ4n) is 1.51. The normalized spacial score (nSPS) is 10.6. The van der Waals surface area contributed by atoms with Gasteiger partial charge in [0, 0.05) is 6.54 Å². The molecule has 4 nitrogen and oxygen atoms in total. The van der Waals surface area contributed by atoms with E-state index in [1.165, 1.54) is 21.6 Å². The molecule has 2 aromatic rings. The van der Waals surface area contributed by atoms with Crippen LogP contribution in [-0.2, 0) is 6.54 Å². The van der Waals surface area contributed by atoms with Gasteiger partial charge < -0.3 is 0 Å². The summed E-state index contributed by atoms with van der Waals surface area (Å²) in [5, 5.41) is 3.92. The number of hydrogen-bond donors (Lipinski definition) is 0. The number of para-hydroxylation sites is 1. The number of benzene rings is 1. The van der Waals surface area contributed by atoms with E-state index in [2.05, 4.69) is 5.10 Å². The molecule has 0 saturated heterocycles. The van der Waals surface area contributed by atoms with Crippen molar-refractivity contribution in [1.29, 1.82) is 0 Å². The van der Waals surface area contributed by atoms with Crippen molar-refractivity contribution in [3.05, 3.63) is 46.9 Å². The van der Waals surface area contributed by atoms with E-state index in [4.69, 9.17) is 0 Å². The van der Waals surface area contributed by atoms with E-state index in [0.717, 1.165) is 6.42 Å². The van der Waals surface area contributed by atoms with Gasteiger partial charge in [-0.25, -0.2) is 18.4 Å². The monoisotopic (exact) mass is 221 g/mol. The van der Waals surface area contributed by atoms with Crippen LogP contribution in [0.4, 0.5) is 4.39 Å². The second-order valence-corrected chi connectivity index (χ2v) is 3.46. The molecule has 84 valence electrons. The Morgan fingerprint density at radius 1 is 1.38 bits per heavy atom. The van der Waals surface area contributed by atoms with Crippen LogP contribution in [0.1, 0.15) is 13.3 Å². The first-order valence-electron chi connectivity index (χ1n) is 5.13. The zero-order valence-corrected chi connectivity index (χ0v) is 8.93. The highest BCUT2D eigenvalue weighted by atomic mass is 19.1. The molecule has 1 aromatic heterocycles. The number of rotatable bonds is 3. The van der Waals surface area contributed by atoms with Crippen molar-refractivity contribution in [3.63, 3.8) is 0 Å². The number of nitrogens with zero attached hydrogens (tertiary/aromatic N) is 3. The molecule has 0 aliphatic heterocycles. The Bertz CT molecular complexity index is 544. The summed E-state index contributed by atoms with van der Waals surface area (Å²) in [5.74, 6) is -0.430. The zero-order valence-electron chi connectivity index (χ0n) is 8.93. The number of aryl methyl sites for hydroxylation is 1. The van der Waals surface area contributed by atoms with E-state index in [0.29, 0.717) is 6.54 Å². The lowest BCUT2D eigenvalue weighted by atomic mass is 10.3. The molecule has 0 fully saturated rings. The lowest BCUT2D eigenvalue weighted by Crippen LogP contribution is -2.24. The molecule has 0 unspecified atom stereocenters. The van der Waals surface area contributed by atoms with Crippen LogP contribution in [0.5, 0.6) is 0 Å². The maximum absolute atomic E-state index is 13.5. The average molecular weight is 221 g/mol. The van der Waals surface area contributed by atoms with Crippen LogP contribution in [0.3, 0.4) is 0 Å². The molecule has 0 saturated carbocycles. The van der Waals surface area contributed by atoms with E-state index >= 15 is 0 Å². The van der Waals surface area contributed by atoms with Crippen molar-refractivity contribution < 1.29 is 4.39 Å². The van der Waals surface area contributed by atoms with Gasteiger partial charge in [0.2, 0.25) is 0 Å². The smallest absolute Gasteiger partial charge is 0.247 e. The van der Waals surface area contributed by atoms with Gasteiger partial charge >= 0.3 is 5.69 Å². The molecule has 5 heteroatoms. The van der Waals surface area contributed by atoms with Gasteiger partial charge in [-0.05, 0) is 18.6 Å². The number of halogens is 1. The first-order valence-corrected chi connectivity index (χ1v) is 5.13. The predicted octanol–water partition coefficient (Wildman–Crippen LogP) is 1.58. The Morgan fingerprint density at radius 3 is 2.81 bits per heavy atom. The minimum Gasteiger partial charge on any atom is -0.247 e. The third-order valence-electron chi connectivity index (χ3n) is 2.28. The molecule has 0 atom stereocenters. The fourth-order valence-corrected chi connectivity index (χ4v) is 1.51. The second kappa shape index (κ2) is 4.30. The van der Waals surface area contributed by atoms with Crippen LogP contribution in [0.25, 0.3) is 5.69 Å². The Kier molecular flexibility index (Phi) is 2.85. The van der Waals surface area contributed by atoms with E-state index in [1.54, 1.807) is 18.2 Å². The molecule has 16 heavy (non-hydrogen) atoms. The molecule has 1 aromatic carbocycles. The van der Waals surface area contributed by atoms with Crippen molar-refractivity contribution in [1.82, 2.24) is 14.3 Å². The van der Waals surface area contributed by atoms with Gasteiger partial charge in [0.25, 0.3) is 0 Å². The van der Waals surface area contributed by atoms with Gasteiger partial charge in [0.1, 0.15) is 12.1 Å². The van der Waals surface area contributed by atoms with E-state index in [9.17, 15) is 9.18 Å². The highest BCUT2D eigenvalue weighted by Crippen LogP contribution is 2.09. The van der Waals surface area contributed by atoms with Crippen LogP contribution in [-0.4, -0.2) is 14.3 Å². The van der Waals surface area contributed by atoms with Gasteiger partial charge in [0.05, 0.1) is 5.69 Å². The Labute approximate surface area is 91.9 Å². The van der Waals surface area contributed by atoms with Crippen molar-refractivity contribution in [2.75, 3.05) is 0 Å². The maximum Gasteiger partial charge on any atom is 0.350 e. The van der Waals surface area contributed by atoms with Crippen LogP contribution in [0.15, 0.2) is 35.4 Å². The molecular weight excluding hydrogens is 209 g/mol. The third-order valence-corrected chi connectivity index (χ3v) is 2.28. The second-order valence-electron chi connectivity index (χ2n) is 3.46. The highest BCUT2D eigenvalue weighted by molar-refractivity contribution is 5.32. The SMILES string of the molecule is CCCn1ncn(-c2ccccc2F)c1=O. The zero-order chi connectivity index (χ0) is 11.5. The van der Waals surface area contributed by atoms with Crippen molar-refractivity contribution >= 4 is 0 Å². The standard InChI is InChI=1S/C11H12FN3O/c1-2-7-15-11(16)14(8-13-15)10-6-4-3-5-9(10)12/h3-6,8H,2,7H2,1H3. The summed E-state index contributed by atoms with van der Waals surface area (Å²) in [7, 11) is 0. The van der Waals surface area contributed by atoms with Gasteiger partial charge in [-0.15, -0.1) is 0 Å². The van der Waals surface area contributed by atoms with Crippen LogP contribution >= 0.6 is 0 Å². The van der Waals surface area contributed by atoms with E-state index in [1.807, 2.05) is 6.92 Å². The molecule has 2 rings (SSSR count). The Balaban J connectivity index is 2.50. The van der Waals surface area contributed by atoms with E-state index in [-0.39, 0.29) is 11.4 Å². The third kappa shape index (κ3) is 1.76. The molecule has 0 radical (unpaired) electrons. The van der Waals surface area contributed by atoms with Gasteiger partial charge in [-0.1, -0.05) is 19.1 Å². The first-order chi connectivity index (χ1) is 7.74. The molecule has 0 spiro atoms. The minimum atomic E-state index is -0.430. The first kappa shape index (κ1) is 10.6. The number of aromatic nitrogens is 3. The Morgan fingerprint density at radius 2 is 2.12 bits per heavy atom. The fraction of sp³-hybridized carbons (Fsp3) is 0.273. The lowest BCUT2D eigenvalue weighted by Gasteiger charge is -2.00. The summed E-state index contributed by atoms with van der Waals surface area (Å²) in [4.78, 5) is 11.8. The summed E-state index contributed by atoms with van der Waals surface area (Å²) in [6, 6.07) is 6.13. The van der Waals surface area contributed by atoms with Crippen molar-refractivity contribution in [2.24, 2.45) is 0 Å². The Hall–Kier alpha value is -1.91. The summed E-state index contributed by atoms with van der Waals surface area (Å²) in [6.07, 6.45) is 2.16. The van der Waals surface area contributed by atoms with Crippen LogP contribution in [0, 0.1) is 5.82 Å². The molecule has 0 aliphatic rings. The van der Waals surface area contributed by atoms with Crippen molar-refractivity contribution in [3.8, 4) is 5.69 Å². The molecular formula is C11H12FN3O. The highest BCUT2D eigenvalue weighted by Gasteiger charge is 2.09. The molecule has 1 heterocycles. The average Bonchev–Trinajstić information content (AvgIpc) is 2.62. The molecule has 0 N–H and O–H groups in total. The minimum absolute atomic E-state index is 0.231. The van der Waals surface area contributed by atoms with Crippen LogP contribution in [0.2, 0.25) is 0 Å². The van der Waals surface area contributed by atoms with Crippen molar-refractivity contribution in [2.45, 2.75) is 19.9 Å². The molecule has 0 bridgehead atoms. The molecule has 0 amide bonds. The van der Waals surface area contributed by atoms with E-state index < -0.39 is 5.82 Å². The van der Waals surface area contributed by atoms with Gasteiger partial charge in [0.15, 0.2) is 0 Å². The topological polar surface area (TPSA) is 39.8 Å². The predicted molar refractivity (Wildman–Crippen MR) is 58.1 cm³/mol. The maximum atomic E-state index is 13.5. The van der Waals surface area contributed by atoms with Crippen LogP contribution < -0.4 is 5.69 Å². The van der Waals surface area contributed by atoms with Gasteiger partial charge in [-0.3, -0.25) is 0 Å². The molecule has 0 aliphatic carbocycles. The quantitative estimate of drug-likeness (QED) is 0.789.